The number of aliphatic hydroxyl groups is 1. The van der Waals surface area contributed by atoms with Crippen LogP contribution in [0.15, 0.2) is 46.2 Å². The fourth-order valence-electron chi connectivity index (χ4n) is 2.95. The molecule has 1 unspecified atom stereocenters. The molecule has 156 valence electrons. The molecular weight excluding hydrogens is 405 g/mol. The van der Waals surface area contributed by atoms with E-state index < -0.39 is 17.8 Å². The molecule has 1 N–H and O–H groups in total. The van der Waals surface area contributed by atoms with Gasteiger partial charge in [0, 0.05) is 13.5 Å². The average molecular weight is 420 g/mol. The van der Waals surface area contributed by atoms with E-state index in [1.165, 1.54) is 29.4 Å². The monoisotopic (exact) mass is 420 g/mol. The first kappa shape index (κ1) is 19.8. The molecule has 1 atom stereocenters. The summed E-state index contributed by atoms with van der Waals surface area (Å²) in [6.45, 7) is -0.0314. The SMILES string of the molecule is Cn1cnc2ncn(Cc3nc(CC(O)c4ccc(C(F)(F)F)cc4)no3)c(=O)c21. The Morgan fingerprint density at radius 1 is 1.17 bits per heavy atom. The van der Waals surface area contributed by atoms with Gasteiger partial charge in [0.25, 0.3) is 5.56 Å². The van der Waals surface area contributed by atoms with Crippen LogP contribution in [0.5, 0.6) is 0 Å². The molecule has 0 saturated heterocycles. The predicted molar refractivity (Wildman–Crippen MR) is 96.3 cm³/mol. The van der Waals surface area contributed by atoms with E-state index in [4.69, 9.17) is 4.52 Å². The Morgan fingerprint density at radius 2 is 1.87 bits per heavy atom. The second kappa shape index (κ2) is 7.37. The lowest BCUT2D eigenvalue weighted by molar-refractivity contribution is -0.137. The first-order valence-electron chi connectivity index (χ1n) is 8.75. The number of aromatic nitrogens is 6. The van der Waals surface area contributed by atoms with Crippen molar-refractivity contribution in [2.45, 2.75) is 25.2 Å². The van der Waals surface area contributed by atoms with Gasteiger partial charge in [0.1, 0.15) is 12.9 Å². The third-order valence-corrected chi connectivity index (χ3v) is 4.52. The van der Waals surface area contributed by atoms with Crippen molar-refractivity contribution in [3.05, 3.63) is 70.1 Å². The molecule has 9 nitrogen and oxygen atoms in total. The van der Waals surface area contributed by atoms with Gasteiger partial charge in [-0.15, -0.1) is 0 Å². The molecule has 30 heavy (non-hydrogen) atoms. The molecule has 0 amide bonds. The van der Waals surface area contributed by atoms with Gasteiger partial charge in [-0.25, -0.2) is 9.97 Å². The third kappa shape index (κ3) is 3.81. The summed E-state index contributed by atoms with van der Waals surface area (Å²) in [6, 6.07) is 4.19. The quantitative estimate of drug-likeness (QED) is 0.524. The highest BCUT2D eigenvalue weighted by atomic mass is 19.4. The molecule has 3 aromatic heterocycles. The summed E-state index contributed by atoms with van der Waals surface area (Å²) in [5, 5.41) is 14.0. The molecule has 12 heteroatoms. The lowest BCUT2D eigenvalue weighted by Gasteiger charge is -2.11. The van der Waals surface area contributed by atoms with Gasteiger partial charge < -0.3 is 14.2 Å². The van der Waals surface area contributed by atoms with Crippen LogP contribution < -0.4 is 5.56 Å². The molecule has 0 aliphatic heterocycles. The van der Waals surface area contributed by atoms with Crippen LogP contribution >= 0.6 is 0 Å². The Hall–Kier alpha value is -3.54. The molecule has 0 radical (unpaired) electrons. The van der Waals surface area contributed by atoms with E-state index >= 15 is 0 Å². The molecule has 0 fully saturated rings. The predicted octanol–water partition coefficient (Wildman–Crippen LogP) is 1.86. The number of hydrogen-bond acceptors (Lipinski definition) is 7. The van der Waals surface area contributed by atoms with Crippen molar-refractivity contribution in [2.75, 3.05) is 0 Å². The van der Waals surface area contributed by atoms with Crippen LogP contribution in [-0.4, -0.2) is 34.3 Å². The summed E-state index contributed by atoms with van der Waals surface area (Å²) in [4.78, 5) is 24.8. The van der Waals surface area contributed by atoms with Crippen LogP contribution in [0.4, 0.5) is 13.2 Å². The van der Waals surface area contributed by atoms with Crippen molar-refractivity contribution in [1.29, 1.82) is 0 Å². The first-order chi connectivity index (χ1) is 14.2. The summed E-state index contributed by atoms with van der Waals surface area (Å²) >= 11 is 0. The minimum atomic E-state index is -4.45. The first-order valence-corrected chi connectivity index (χ1v) is 8.75. The van der Waals surface area contributed by atoms with Crippen molar-refractivity contribution >= 4 is 11.2 Å². The van der Waals surface area contributed by atoms with Crippen LogP contribution in [0.2, 0.25) is 0 Å². The summed E-state index contributed by atoms with van der Waals surface area (Å²) in [6.07, 6.45) is -2.83. The van der Waals surface area contributed by atoms with Gasteiger partial charge in [0.15, 0.2) is 17.0 Å². The summed E-state index contributed by atoms with van der Waals surface area (Å²) in [7, 11) is 1.68. The summed E-state index contributed by atoms with van der Waals surface area (Å²) in [5.74, 6) is 0.273. The van der Waals surface area contributed by atoms with E-state index in [1.54, 1.807) is 11.6 Å². The normalized spacial score (nSPS) is 13.1. The number of fused-ring (bicyclic) bond motifs is 1. The number of nitrogens with zero attached hydrogens (tertiary/aromatic N) is 6. The summed E-state index contributed by atoms with van der Waals surface area (Å²) < 4.78 is 45.9. The maximum atomic E-state index is 12.6. The number of aryl methyl sites for hydroxylation is 1. The number of hydrogen-bond donors (Lipinski definition) is 1. The smallest absolute Gasteiger partial charge is 0.388 e. The lowest BCUT2D eigenvalue weighted by atomic mass is 10.0. The minimum absolute atomic E-state index is 0.0314. The van der Waals surface area contributed by atoms with Crippen LogP contribution in [0, 0.1) is 0 Å². The number of imidazole rings is 1. The highest BCUT2D eigenvalue weighted by Gasteiger charge is 2.30. The van der Waals surface area contributed by atoms with Crippen molar-refractivity contribution in [1.82, 2.24) is 29.2 Å². The molecule has 0 bridgehead atoms. The van der Waals surface area contributed by atoms with E-state index in [-0.39, 0.29) is 35.8 Å². The Labute approximate surface area is 166 Å². The molecule has 1 aromatic carbocycles. The van der Waals surface area contributed by atoms with E-state index in [9.17, 15) is 23.1 Å². The average Bonchev–Trinajstić information content (AvgIpc) is 3.30. The maximum absolute atomic E-state index is 12.6. The molecule has 0 aliphatic carbocycles. The second-order valence-electron chi connectivity index (χ2n) is 6.65. The topological polar surface area (TPSA) is 112 Å². The zero-order valence-corrected chi connectivity index (χ0v) is 15.5. The van der Waals surface area contributed by atoms with Crippen LogP contribution in [0.25, 0.3) is 11.2 Å². The van der Waals surface area contributed by atoms with Crippen molar-refractivity contribution in [2.24, 2.45) is 7.05 Å². The molecule has 4 aromatic rings. The van der Waals surface area contributed by atoms with Gasteiger partial charge in [-0.05, 0) is 17.7 Å². The van der Waals surface area contributed by atoms with Crippen LogP contribution in [0.1, 0.15) is 28.9 Å². The fourth-order valence-corrected chi connectivity index (χ4v) is 2.95. The van der Waals surface area contributed by atoms with Gasteiger partial charge in [-0.2, -0.15) is 18.2 Å². The van der Waals surface area contributed by atoms with E-state index in [0.29, 0.717) is 11.2 Å². The lowest BCUT2D eigenvalue weighted by Crippen LogP contribution is -2.22. The van der Waals surface area contributed by atoms with E-state index in [2.05, 4.69) is 20.1 Å². The van der Waals surface area contributed by atoms with Gasteiger partial charge in [-0.3, -0.25) is 9.36 Å². The molecule has 0 aliphatic rings. The van der Waals surface area contributed by atoms with Gasteiger partial charge in [0.05, 0.1) is 18.0 Å². The Morgan fingerprint density at radius 3 is 2.57 bits per heavy atom. The fraction of sp³-hybridized carbons (Fsp3) is 0.278. The molecule has 0 saturated carbocycles. The third-order valence-electron chi connectivity index (χ3n) is 4.52. The number of alkyl halides is 3. The number of halogens is 3. The van der Waals surface area contributed by atoms with Crippen LogP contribution in [-0.2, 0) is 26.2 Å². The second-order valence-corrected chi connectivity index (χ2v) is 6.65. The molecular formula is C18H15F3N6O3. The standard InChI is InChI=1S/C18H15F3N6O3/c1-26-8-22-16-15(26)17(29)27(9-23-16)7-14-24-13(25-30-14)6-12(28)10-2-4-11(5-3-10)18(19,20)21/h2-5,8-9,12,28H,6-7H2,1H3. The zero-order chi connectivity index (χ0) is 21.5. The number of rotatable bonds is 5. The van der Waals surface area contributed by atoms with E-state index in [0.717, 1.165) is 12.1 Å². The number of aliphatic hydroxyl groups excluding tert-OH is 1. The molecule has 4 rings (SSSR count). The highest BCUT2D eigenvalue weighted by Crippen LogP contribution is 2.30. The molecule has 3 heterocycles. The zero-order valence-electron chi connectivity index (χ0n) is 15.5. The molecule has 0 spiro atoms. The summed E-state index contributed by atoms with van der Waals surface area (Å²) in [5.41, 5.74) is -0.190. The van der Waals surface area contributed by atoms with Crippen molar-refractivity contribution in [3.8, 4) is 0 Å². The maximum Gasteiger partial charge on any atom is 0.416 e. The largest absolute Gasteiger partial charge is 0.416 e. The number of benzene rings is 1. The van der Waals surface area contributed by atoms with E-state index in [1.807, 2.05) is 0 Å². The van der Waals surface area contributed by atoms with Crippen molar-refractivity contribution in [3.63, 3.8) is 0 Å². The highest BCUT2D eigenvalue weighted by molar-refractivity contribution is 5.68. The van der Waals surface area contributed by atoms with Crippen LogP contribution in [0.3, 0.4) is 0 Å². The van der Waals surface area contributed by atoms with Crippen molar-refractivity contribution < 1.29 is 22.8 Å². The Bertz CT molecular complexity index is 1240. The Balaban J connectivity index is 1.47. The van der Waals surface area contributed by atoms with Gasteiger partial charge >= 0.3 is 6.18 Å². The van der Waals surface area contributed by atoms with Gasteiger partial charge in [0.2, 0.25) is 5.89 Å². The Kier molecular flexibility index (Phi) is 4.86. The van der Waals surface area contributed by atoms with Gasteiger partial charge in [-0.1, -0.05) is 17.3 Å². The minimum Gasteiger partial charge on any atom is -0.388 e.